The average Bonchev–Trinajstić information content (AvgIpc) is 2.89. The largest absolute Gasteiger partial charge is 0.493 e. The normalized spacial score (nSPS) is 11.0. The fourth-order valence-corrected chi connectivity index (χ4v) is 3.55. The maximum Gasteiger partial charge on any atom is 0.315 e. The third-order valence-electron chi connectivity index (χ3n) is 5.29. The lowest BCUT2D eigenvalue weighted by Crippen LogP contribution is -2.25. The summed E-state index contributed by atoms with van der Waals surface area (Å²) in [5, 5.41) is 0. The number of methoxy groups -OCH3 is 1. The summed E-state index contributed by atoms with van der Waals surface area (Å²) in [4.78, 5) is 29.8. The van der Waals surface area contributed by atoms with E-state index in [1.54, 1.807) is 60.9 Å². The number of benzene rings is 2. The topological polar surface area (TPSA) is 84.0 Å². The highest BCUT2D eigenvalue weighted by Gasteiger charge is 2.24. The summed E-state index contributed by atoms with van der Waals surface area (Å²) < 4.78 is 22.3. The first-order chi connectivity index (χ1) is 17.9. The molecule has 0 bridgehead atoms. The Labute approximate surface area is 216 Å². The first kappa shape index (κ1) is 27.0. The molecule has 0 aliphatic heterocycles. The van der Waals surface area contributed by atoms with Gasteiger partial charge in [0, 0.05) is 18.0 Å². The van der Waals surface area contributed by atoms with Gasteiger partial charge in [0.2, 0.25) is 0 Å². The fourth-order valence-electron chi connectivity index (χ4n) is 3.55. The van der Waals surface area contributed by atoms with Crippen molar-refractivity contribution in [2.24, 2.45) is 0 Å². The molecule has 0 radical (unpaired) electrons. The van der Waals surface area contributed by atoms with Gasteiger partial charge in [-0.05, 0) is 54.8 Å². The summed E-state index contributed by atoms with van der Waals surface area (Å²) in [5.41, 5.74) is 5.18. The molecule has 1 aromatic heterocycles. The van der Waals surface area contributed by atoms with Crippen molar-refractivity contribution >= 4 is 17.7 Å². The predicted octanol–water partition coefficient (Wildman–Crippen LogP) is 5.63. The molecule has 7 nitrogen and oxygen atoms in total. The van der Waals surface area contributed by atoms with Gasteiger partial charge in [-0.2, -0.15) is 0 Å². The number of pyridine rings is 1. The Hall–Kier alpha value is -4.61. The van der Waals surface area contributed by atoms with Crippen LogP contribution in [0.4, 0.5) is 0 Å². The molecule has 0 spiro atoms. The van der Waals surface area contributed by atoms with Gasteiger partial charge in [0.15, 0.2) is 17.3 Å². The number of hydrogen-bond acceptors (Lipinski definition) is 7. The zero-order valence-electron chi connectivity index (χ0n) is 20.9. The standard InChI is InChI=1S/C30H29NO6/c1-5-10-22-14-15-26(21(3)17-22)36-29(32)18-24(35-25(6-2)23-11-9-16-31-20-23)19-30(33)37-28-13-8-7-12-27(28)34-4/h5,7-9,11-17,20,24H,1-2,10,18-19H2,3-4H3. The van der Waals surface area contributed by atoms with E-state index < -0.39 is 18.0 Å². The molecule has 37 heavy (non-hydrogen) atoms. The van der Waals surface area contributed by atoms with E-state index >= 15 is 0 Å². The van der Waals surface area contributed by atoms with E-state index in [1.807, 2.05) is 19.1 Å². The molecule has 1 atom stereocenters. The first-order valence-electron chi connectivity index (χ1n) is 11.6. The van der Waals surface area contributed by atoms with Crippen molar-refractivity contribution in [1.29, 1.82) is 0 Å². The van der Waals surface area contributed by atoms with Crippen molar-refractivity contribution in [3.05, 3.63) is 109 Å². The van der Waals surface area contributed by atoms with Crippen LogP contribution in [0.5, 0.6) is 17.2 Å². The number of esters is 2. The smallest absolute Gasteiger partial charge is 0.315 e. The molecule has 0 saturated carbocycles. The average molecular weight is 500 g/mol. The molecule has 1 heterocycles. The van der Waals surface area contributed by atoms with Crippen molar-refractivity contribution in [1.82, 2.24) is 4.98 Å². The second-order valence-electron chi connectivity index (χ2n) is 8.09. The molecule has 0 saturated heterocycles. The van der Waals surface area contributed by atoms with Crippen LogP contribution in [-0.2, 0) is 20.7 Å². The van der Waals surface area contributed by atoms with E-state index in [0.717, 1.165) is 11.1 Å². The monoisotopic (exact) mass is 499 g/mol. The minimum atomic E-state index is -0.917. The van der Waals surface area contributed by atoms with Gasteiger partial charge in [0.05, 0.1) is 20.0 Å². The van der Waals surface area contributed by atoms with Gasteiger partial charge in [-0.25, -0.2) is 0 Å². The van der Waals surface area contributed by atoms with Gasteiger partial charge >= 0.3 is 11.9 Å². The van der Waals surface area contributed by atoms with Gasteiger partial charge in [-0.3, -0.25) is 14.6 Å². The van der Waals surface area contributed by atoms with Crippen LogP contribution >= 0.6 is 0 Å². The summed E-state index contributed by atoms with van der Waals surface area (Å²) in [5.74, 6) is 0.176. The lowest BCUT2D eigenvalue weighted by atomic mass is 10.1. The molecule has 1 unspecified atom stereocenters. The summed E-state index contributed by atoms with van der Waals surface area (Å²) in [6, 6.07) is 15.8. The van der Waals surface area contributed by atoms with E-state index in [4.69, 9.17) is 18.9 Å². The number of para-hydroxylation sites is 2. The van der Waals surface area contributed by atoms with Crippen molar-refractivity contribution in [3.8, 4) is 17.2 Å². The van der Waals surface area contributed by atoms with Crippen LogP contribution in [0.1, 0.15) is 29.5 Å². The van der Waals surface area contributed by atoms with Gasteiger partial charge in [-0.15, -0.1) is 6.58 Å². The predicted molar refractivity (Wildman–Crippen MR) is 140 cm³/mol. The number of carbonyl (C=O) groups excluding carboxylic acids is 2. The van der Waals surface area contributed by atoms with E-state index in [2.05, 4.69) is 23.9 Å². The SMILES string of the molecule is C=C=C(OC(CC(=O)Oc1ccc(CC=C)cc1C)CC(=O)Oc1ccccc1OC)c1cccnc1. The van der Waals surface area contributed by atoms with E-state index in [-0.39, 0.29) is 24.4 Å². The lowest BCUT2D eigenvalue weighted by molar-refractivity contribution is -0.139. The van der Waals surface area contributed by atoms with Crippen molar-refractivity contribution in [2.75, 3.05) is 7.11 Å². The van der Waals surface area contributed by atoms with Crippen LogP contribution in [0.25, 0.3) is 5.76 Å². The molecule has 3 rings (SSSR count). The lowest BCUT2D eigenvalue weighted by Gasteiger charge is -2.19. The van der Waals surface area contributed by atoms with Crippen LogP contribution in [0.15, 0.2) is 92.0 Å². The Balaban J connectivity index is 1.76. The Morgan fingerprint density at radius 2 is 1.70 bits per heavy atom. The van der Waals surface area contributed by atoms with Gasteiger partial charge < -0.3 is 18.9 Å². The summed E-state index contributed by atoms with van der Waals surface area (Å²) in [6.45, 7) is 9.27. The molecule has 2 aromatic carbocycles. The van der Waals surface area contributed by atoms with E-state index in [9.17, 15) is 9.59 Å². The highest BCUT2D eigenvalue weighted by molar-refractivity contribution is 5.77. The van der Waals surface area contributed by atoms with Gasteiger partial charge in [0.25, 0.3) is 0 Å². The number of carbonyl (C=O) groups is 2. The fraction of sp³-hybridized carbons (Fsp3) is 0.200. The second kappa shape index (κ2) is 13.5. The van der Waals surface area contributed by atoms with Gasteiger partial charge in [-0.1, -0.05) is 42.7 Å². The summed E-state index contributed by atoms with van der Waals surface area (Å²) in [6.07, 6.45) is 4.33. The number of hydrogen-bond donors (Lipinski definition) is 0. The van der Waals surface area contributed by atoms with Crippen LogP contribution in [-0.4, -0.2) is 30.1 Å². The Morgan fingerprint density at radius 1 is 1.00 bits per heavy atom. The molecule has 0 amide bonds. The molecular weight excluding hydrogens is 470 g/mol. The molecule has 190 valence electrons. The zero-order chi connectivity index (χ0) is 26.6. The second-order valence-corrected chi connectivity index (χ2v) is 8.09. The van der Waals surface area contributed by atoms with Crippen LogP contribution < -0.4 is 14.2 Å². The van der Waals surface area contributed by atoms with Crippen LogP contribution in [0.3, 0.4) is 0 Å². The minimum absolute atomic E-state index is 0.222. The van der Waals surface area contributed by atoms with Gasteiger partial charge in [0.1, 0.15) is 11.9 Å². The number of allylic oxidation sites excluding steroid dienone is 1. The first-order valence-corrected chi connectivity index (χ1v) is 11.6. The number of aryl methyl sites for hydroxylation is 1. The number of ether oxygens (including phenoxy) is 4. The number of aromatic nitrogens is 1. The number of rotatable bonds is 12. The van der Waals surface area contributed by atoms with Crippen LogP contribution in [0, 0.1) is 6.92 Å². The molecule has 0 aliphatic carbocycles. The Kier molecular flexibility index (Phi) is 9.82. The summed E-state index contributed by atoms with van der Waals surface area (Å²) >= 11 is 0. The zero-order valence-corrected chi connectivity index (χ0v) is 20.9. The maximum atomic E-state index is 12.9. The van der Waals surface area contributed by atoms with Crippen molar-refractivity contribution in [2.45, 2.75) is 32.3 Å². The third kappa shape index (κ3) is 7.95. The van der Waals surface area contributed by atoms with E-state index in [1.165, 1.54) is 7.11 Å². The van der Waals surface area contributed by atoms with E-state index in [0.29, 0.717) is 23.5 Å². The highest BCUT2D eigenvalue weighted by Crippen LogP contribution is 2.27. The molecular formula is C30H29NO6. The third-order valence-corrected chi connectivity index (χ3v) is 5.29. The van der Waals surface area contributed by atoms with Crippen molar-refractivity contribution < 1.29 is 28.5 Å². The Bertz CT molecular complexity index is 1290. The highest BCUT2D eigenvalue weighted by atomic mass is 16.6. The molecule has 0 fully saturated rings. The quantitative estimate of drug-likeness (QED) is 0.105. The maximum absolute atomic E-state index is 12.9. The molecule has 0 aliphatic rings. The summed E-state index contributed by atoms with van der Waals surface area (Å²) in [7, 11) is 1.48. The molecule has 3 aromatic rings. The number of nitrogens with zero attached hydrogens (tertiary/aromatic N) is 1. The Morgan fingerprint density at radius 3 is 2.30 bits per heavy atom. The molecule has 7 heteroatoms. The van der Waals surface area contributed by atoms with Crippen LogP contribution in [0.2, 0.25) is 0 Å². The van der Waals surface area contributed by atoms with Crippen molar-refractivity contribution in [3.63, 3.8) is 0 Å². The molecule has 0 N–H and O–H groups in total. The minimum Gasteiger partial charge on any atom is -0.493 e.